The maximum Gasteiger partial charge on any atom is 0.224 e. The van der Waals surface area contributed by atoms with Crippen LogP contribution in [0.25, 0.3) is 0 Å². The first-order chi connectivity index (χ1) is 12.0. The molecule has 5 nitrogen and oxygen atoms in total. The Morgan fingerprint density at radius 3 is 2.69 bits per heavy atom. The van der Waals surface area contributed by atoms with Gasteiger partial charge in [0, 0.05) is 18.5 Å². The fourth-order valence-electron chi connectivity index (χ4n) is 3.93. The van der Waals surface area contributed by atoms with E-state index in [9.17, 15) is 9.59 Å². The molecule has 0 radical (unpaired) electrons. The first kappa shape index (κ1) is 20.7. The summed E-state index contributed by atoms with van der Waals surface area (Å²) in [5.41, 5.74) is 3.15. The van der Waals surface area contributed by atoms with Gasteiger partial charge in [-0.2, -0.15) is 0 Å². The number of amides is 2. The summed E-state index contributed by atoms with van der Waals surface area (Å²) in [5, 5.41) is 9.42. The molecule has 0 spiro atoms. The third-order valence-electron chi connectivity index (χ3n) is 5.60. The summed E-state index contributed by atoms with van der Waals surface area (Å²) < 4.78 is 0. The first-order valence-electron chi connectivity index (χ1n) is 9.45. The predicted octanol–water partition coefficient (Wildman–Crippen LogP) is 3.20. The zero-order valence-electron chi connectivity index (χ0n) is 15.6. The van der Waals surface area contributed by atoms with E-state index in [2.05, 4.69) is 28.9 Å². The number of hydrogen-bond acceptors (Lipinski definition) is 3. The van der Waals surface area contributed by atoms with Crippen molar-refractivity contribution in [3.8, 4) is 0 Å². The first-order valence-corrected chi connectivity index (χ1v) is 9.45. The van der Waals surface area contributed by atoms with Crippen LogP contribution in [0, 0.1) is 11.8 Å². The van der Waals surface area contributed by atoms with Crippen molar-refractivity contribution in [2.45, 2.75) is 52.0 Å². The van der Waals surface area contributed by atoms with Gasteiger partial charge in [-0.15, -0.1) is 12.4 Å². The van der Waals surface area contributed by atoms with Crippen molar-refractivity contribution in [1.82, 2.24) is 10.6 Å². The minimum absolute atomic E-state index is 0. The summed E-state index contributed by atoms with van der Waals surface area (Å²) in [6.45, 7) is 6.36. The SMILES string of the molecule is CC(NC(=O)CC(C)C1CCNCC1)c1ccc2c(c1)CCC(=O)N2.Cl. The molecule has 2 heterocycles. The molecule has 2 amide bonds. The number of benzene rings is 1. The Balaban J connectivity index is 0.00000243. The van der Waals surface area contributed by atoms with Gasteiger partial charge in [-0.25, -0.2) is 0 Å². The molecule has 3 N–H and O–H groups in total. The lowest BCUT2D eigenvalue weighted by Gasteiger charge is -2.28. The summed E-state index contributed by atoms with van der Waals surface area (Å²) in [6.07, 6.45) is 4.23. The molecule has 0 bridgehead atoms. The van der Waals surface area contributed by atoms with E-state index in [-0.39, 0.29) is 30.3 Å². The van der Waals surface area contributed by atoms with Crippen LogP contribution in [-0.4, -0.2) is 24.9 Å². The van der Waals surface area contributed by atoms with Crippen LogP contribution in [0.2, 0.25) is 0 Å². The van der Waals surface area contributed by atoms with Crippen molar-refractivity contribution >= 4 is 29.9 Å². The summed E-state index contributed by atoms with van der Waals surface area (Å²) in [6, 6.07) is 6.03. The van der Waals surface area contributed by atoms with Gasteiger partial charge in [0.25, 0.3) is 0 Å². The second-order valence-corrected chi connectivity index (χ2v) is 7.52. The third-order valence-corrected chi connectivity index (χ3v) is 5.60. The molecule has 3 rings (SSSR count). The van der Waals surface area contributed by atoms with Gasteiger partial charge < -0.3 is 16.0 Å². The third kappa shape index (κ3) is 5.21. The molecule has 1 aromatic rings. The summed E-state index contributed by atoms with van der Waals surface area (Å²) in [4.78, 5) is 23.9. The van der Waals surface area contributed by atoms with E-state index in [1.807, 2.05) is 19.1 Å². The number of fused-ring (bicyclic) bond motifs is 1. The van der Waals surface area contributed by atoms with Crippen LogP contribution in [-0.2, 0) is 16.0 Å². The van der Waals surface area contributed by atoms with Gasteiger partial charge >= 0.3 is 0 Å². The zero-order valence-corrected chi connectivity index (χ0v) is 16.5. The molecule has 6 heteroatoms. The van der Waals surface area contributed by atoms with Crippen LogP contribution >= 0.6 is 12.4 Å². The quantitative estimate of drug-likeness (QED) is 0.735. The Labute approximate surface area is 162 Å². The highest BCUT2D eigenvalue weighted by atomic mass is 35.5. The average molecular weight is 380 g/mol. The van der Waals surface area contributed by atoms with Gasteiger partial charge in [-0.1, -0.05) is 19.1 Å². The van der Waals surface area contributed by atoms with Crippen LogP contribution in [0.3, 0.4) is 0 Å². The van der Waals surface area contributed by atoms with E-state index in [1.165, 1.54) is 12.8 Å². The van der Waals surface area contributed by atoms with Crippen molar-refractivity contribution in [2.75, 3.05) is 18.4 Å². The van der Waals surface area contributed by atoms with Crippen molar-refractivity contribution in [2.24, 2.45) is 11.8 Å². The van der Waals surface area contributed by atoms with Crippen molar-refractivity contribution in [1.29, 1.82) is 0 Å². The number of piperidine rings is 1. The van der Waals surface area contributed by atoms with Crippen LogP contribution in [0.4, 0.5) is 5.69 Å². The molecule has 0 saturated carbocycles. The average Bonchev–Trinajstić information content (AvgIpc) is 2.61. The highest BCUT2D eigenvalue weighted by molar-refractivity contribution is 5.93. The monoisotopic (exact) mass is 379 g/mol. The second kappa shape index (κ2) is 9.38. The zero-order chi connectivity index (χ0) is 17.8. The van der Waals surface area contributed by atoms with Crippen molar-refractivity contribution < 1.29 is 9.59 Å². The van der Waals surface area contributed by atoms with Crippen LogP contribution in [0.5, 0.6) is 0 Å². The maximum absolute atomic E-state index is 12.4. The molecule has 1 fully saturated rings. The van der Waals surface area contributed by atoms with Crippen LogP contribution < -0.4 is 16.0 Å². The van der Waals surface area contributed by atoms with E-state index in [4.69, 9.17) is 0 Å². The van der Waals surface area contributed by atoms with E-state index in [0.717, 1.165) is 36.3 Å². The predicted molar refractivity (Wildman–Crippen MR) is 107 cm³/mol. The Bertz CT molecular complexity index is 644. The van der Waals surface area contributed by atoms with E-state index >= 15 is 0 Å². The maximum atomic E-state index is 12.4. The van der Waals surface area contributed by atoms with E-state index < -0.39 is 0 Å². The standard InChI is InChI=1S/C20H29N3O2.ClH/c1-13(15-7-9-21-10-8-15)11-20(25)22-14(2)16-3-5-18-17(12-16)4-6-19(24)23-18;/h3,5,12-15,21H,4,6-11H2,1-2H3,(H,22,25)(H,23,24);1H. The van der Waals surface area contributed by atoms with E-state index in [1.54, 1.807) is 0 Å². The van der Waals surface area contributed by atoms with Crippen LogP contribution in [0.1, 0.15) is 56.7 Å². The van der Waals surface area contributed by atoms with Gasteiger partial charge in [0.1, 0.15) is 0 Å². The number of anilines is 1. The molecule has 2 unspecified atom stereocenters. The molecule has 2 aliphatic rings. The van der Waals surface area contributed by atoms with Crippen LogP contribution in [0.15, 0.2) is 18.2 Å². The highest BCUT2D eigenvalue weighted by Crippen LogP contribution is 2.27. The number of hydrogen-bond donors (Lipinski definition) is 3. The van der Waals surface area contributed by atoms with Crippen molar-refractivity contribution in [3.63, 3.8) is 0 Å². The molecule has 2 atom stereocenters. The molecule has 144 valence electrons. The fourth-order valence-corrected chi connectivity index (χ4v) is 3.93. The van der Waals surface area contributed by atoms with E-state index in [0.29, 0.717) is 24.7 Å². The van der Waals surface area contributed by atoms with Gasteiger partial charge in [0.2, 0.25) is 11.8 Å². The molecule has 1 aromatic carbocycles. The normalized spacial score (nSPS) is 19.5. The number of nitrogens with one attached hydrogen (secondary N) is 3. The number of rotatable bonds is 5. The largest absolute Gasteiger partial charge is 0.350 e. The molecular formula is C20H30ClN3O2. The van der Waals surface area contributed by atoms with Gasteiger partial charge in [-0.05, 0) is 68.3 Å². The molecular weight excluding hydrogens is 350 g/mol. The minimum atomic E-state index is -0.0179. The molecule has 0 aliphatic carbocycles. The Morgan fingerprint density at radius 1 is 1.23 bits per heavy atom. The molecule has 0 aromatic heterocycles. The number of carbonyl (C=O) groups is 2. The summed E-state index contributed by atoms with van der Waals surface area (Å²) >= 11 is 0. The van der Waals surface area contributed by atoms with Gasteiger partial charge in [0.05, 0.1) is 6.04 Å². The lowest BCUT2D eigenvalue weighted by atomic mass is 9.84. The second-order valence-electron chi connectivity index (χ2n) is 7.52. The topological polar surface area (TPSA) is 70.2 Å². The number of halogens is 1. The van der Waals surface area contributed by atoms with Crippen molar-refractivity contribution in [3.05, 3.63) is 29.3 Å². The van der Waals surface area contributed by atoms with Gasteiger partial charge in [-0.3, -0.25) is 9.59 Å². The van der Waals surface area contributed by atoms with Gasteiger partial charge in [0.15, 0.2) is 0 Å². The number of carbonyl (C=O) groups excluding carboxylic acids is 2. The summed E-state index contributed by atoms with van der Waals surface area (Å²) in [5.74, 6) is 1.28. The summed E-state index contributed by atoms with van der Waals surface area (Å²) in [7, 11) is 0. The Hall–Kier alpha value is -1.59. The number of aryl methyl sites for hydroxylation is 1. The lowest BCUT2D eigenvalue weighted by molar-refractivity contribution is -0.123. The Kier molecular flexibility index (Phi) is 7.47. The molecule has 1 saturated heterocycles. The fraction of sp³-hybridized carbons (Fsp3) is 0.600. The highest BCUT2D eigenvalue weighted by Gasteiger charge is 2.23. The smallest absolute Gasteiger partial charge is 0.224 e. The lowest BCUT2D eigenvalue weighted by Crippen LogP contribution is -2.34. The molecule has 2 aliphatic heterocycles. The molecule has 26 heavy (non-hydrogen) atoms. The minimum Gasteiger partial charge on any atom is -0.350 e. The Morgan fingerprint density at radius 2 is 1.96 bits per heavy atom.